The molecule has 3 heterocycles. The number of pyridine rings is 2. The summed E-state index contributed by atoms with van der Waals surface area (Å²) in [6, 6.07) is 14.9. The number of aromatic nitrogens is 2. The summed E-state index contributed by atoms with van der Waals surface area (Å²) in [5.74, 6) is 0.531. The number of hydrogen-bond donors (Lipinski definition) is 2. The van der Waals surface area contributed by atoms with Gasteiger partial charge in [-0.15, -0.1) is 0 Å². The van der Waals surface area contributed by atoms with Crippen LogP contribution in [0, 0.1) is 0 Å². The second-order valence-corrected chi connectivity index (χ2v) is 7.42. The van der Waals surface area contributed by atoms with Crippen LogP contribution in [0.4, 0.5) is 18.0 Å². The molecule has 0 saturated carbocycles. The monoisotopic (exact) mass is 457 g/mol. The van der Waals surface area contributed by atoms with E-state index < -0.39 is 11.7 Å². The molecule has 10 heteroatoms. The van der Waals surface area contributed by atoms with Crippen molar-refractivity contribution in [1.29, 1.82) is 0 Å². The summed E-state index contributed by atoms with van der Waals surface area (Å²) < 4.78 is 43.4. The van der Waals surface area contributed by atoms with E-state index in [2.05, 4.69) is 20.6 Å². The van der Waals surface area contributed by atoms with Gasteiger partial charge in [0.1, 0.15) is 5.75 Å². The molecular weight excluding hydrogens is 435 g/mol. The molecule has 2 N–H and O–H groups in total. The SMILES string of the molecule is O=C1NCCN1CCNCc1cccc(-c2ccc(Oc3ccc(C(F)(F)F)cn3)cc2)n1. The van der Waals surface area contributed by atoms with E-state index in [9.17, 15) is 18.0 Å². The molecule has 0 atom stereocenters. The molecule has 4 rings (SSSR count). The number of carbonyl (C=O) groups is 1. The first-order valence-electron chi connectivity index (χ1n) is 10.4. The average Bonchev–Trinajstić information content (AvgIpc) is 3.22. The van der Waals surface area contributed by atoms with Crippen LogP contribution in [0.3, 0.4) is 0 Å². The van der Waals surface area contributed by atoms with E-state index in [-0.39, 0.29) is 11.9 Å². The first kappa shape index (κ1) is 22.5. The minimum absolute atomic E-state index is 0.0292. The zero-order valence-electron chi connectivity index (χ0n) is 17.6. The molecule has 0 aliphatic carbocycles. The third-order valence-corrected chi connectivity index (χ3v) is 5.05. The first-order chi connectivity index (χ1) is 15.9. The molecule has 33 heavy (non-hydrogen) atoms. The van der Waals surface area contributed by atoms with Gasteiger partial charge in [0.25, 0.3) is 0 Å². The Labute approximate surface area is 188 Å². The molecule has 1 aliphatic rings. The smallest absolute Gasteiger partial charge is 0.417 e. The maximum atomic E-state index is 12.6. The van der Waals surface area contributed by atoms with Crippen molar-refractivity contribution in [1.82, 2.24) is 25.5 Å². The van der Waals surface area contributed by atoms with Gasteiger partial charge in [-0.3, -0.25) is 4.98 Å². The zero-order chi connectivity index (χ0) is 23.3. The van der Waals surface area contributed by atoms with Crippen molar-refractivity contribution >= 4 is 6.03 Å². The van der Waals surface area contributed by atoms with Gasteiger partial charge in [0.15, 0.2) is 0 Å². The van der Waals surface area contributed by atoms with Crippen LogP contribution >= 0.6 is 0 Å². The molecule has 0 unspecified atom stereocenters. The number of nitrogens with one attached hydrogen (secondary N) is 2. The Bertz CT molecular complexity index is 1090. The van der Waals surface area contributed by atoms with E-state index in [0.29, 0.717) is 31.9 Å². The van der Waals surface area contributed by atoms with Crippen LogP contribution in [-0.4, -0.2) is 47.1 Å². The lowest BCUT2D eigenvalue weighted by molar-refractivity contribution is -0.137. The topological polar surface area (TPSA) is 79.4 Å². The number of amides is 2. The van der Waals surface area contributed by atoms with Crippen molar-refractivity contribution < 1.29 is 22.7 Å². The Hall–Kier alpha value is -3.66. The summed E-state index contributed by atoms with van der Waals surface area (Å²) in [5.41, 5.74) is 1.70. The molecule has 1 aromatic carbocycles. The summed E-state index contributed by atoms with van der Waals surface area (Å²) in [6.45, 7) is 3.30. The maximum Gasteiger partial charge on any atom is 0.417 e. The molecule has 7 nitrogen and oxygen atoms in total. The Kier molecular flexibility index (Phi) is 6.74. The Morgan fingerprint density at radius 3 is 2.58 bits per heavy atom. The number of urea groups is 1. The number of benzene rings is 1. The van der Waals surface area contributed by atoms with Gasteiger partial charge in [-0.2, -0.15) is 13.2 Å². The molecule has 0 spiro atoms. The van der Waals surface area contributed by atoms with E-state index in [4.69, 9.17) is 4.74 Å². The number of nitrogens with zero attached hydrogens (tertiary/aromatic N) is 3. The largest absolute Gasteiger partial charge is 0.439 e. The molecule has 172 valence electrons. The third-order valence-electron chi connectivity index (χ3n) is 5.05. The average molecular weight is 457 g/mol. The highest BCUT2D eigenvalue weighted by Gasteiger charge is 2.30. The molecule has 2 amide bonds. The van der Waals surface area contributed by atoms with Crippen LogP contribution in [0.15, 0.2) is 60.8 Å². The Morgan fingerprint density at radius 2 is 1.91 bits per heavy atom. The molecule has 0 bridgehead atoms. The summed E-state index contributed by atoms with van der Waals surface area (Å²) in [5, 5.41) is 6.07. The first-order valence-corrected chi connectivity index (χ1v) is 10.4. The number of carbonyl (C=O) groups excluding carboxylic acids is 1. The second-order valence-electron chi connectivity index (χ2n) is 7.42. The van der Waals surface area contributed by atoms with Crippen molar-refractivity contribution in [2.75, 3.05) is 26.2 Å². The minimum Gasteiger partial charge on any atom is -0.439 e. The van der Waals surface area contributed by atoms with Crippen LogP contribution in [-0.2, 0) is 12.7 Å². The number of rotatable bonds is 8. The molecule has 0 radical (unpaired) electrons. The van der Waals surface area contributed by atoms with E-state index in [1.165, 1.54) is 6.07 Å². The highest BCUT2D eigenvalue weighted by Crippen LogP contribution is 2.30. The van der Waals surface area contributed by atoms with Crippen LogP contribution in [0.25, 0.3) is 11.3 Å². The number of alkyl halides is 3. The third kappa shape index (κ3) is 5.98. The number of ether oxygens (including phenoxy) is 1. The van der Waals surface area contributed by atoms with Gasteiger partial charge >= 0.3 is 12.2 Å². The Balaban J connectivity index is 1.32. The maximum absolute atomic E-state index is 12.6. The number of halogens is 3. The normalized spacial score (nSPS) is 13.8. The van der Waals surface area contributed by atoms with Crippen LogP contribution in [0.1, 0.15) is 11.3 Å². The summed E-state index contributed by atoms with van der Waals surface area (Å²) >= 11 is 0. The van der Waals surface area contributed by atoms with Crippen LogP contribution in [0.5, 0.6) is 11.6 Å². The van der Waals surface area contributed by atoms with Gasteiger partial charge in [0, 0.05) is 50.6 Å². The predicted molar refractivity (Wildman–Crippen MR) is 116 cm³/mol. The van der Waals surface area contributed by atoms with Gasteiger partial charge in [0.05, 0.1) is 17.0 Å². The van der Waals surface area contributed by atoms with E-state index in [1.54, 1.807) is 17.0 Å². The Morgan fingerprint density at radius 1 is 1.09 bits per heavy atom. The number of hydrogen-bond acceptors (Lipinski definition) is 5. The zero-order valence-corrected chi connectivity index (χ0v) is 17.6. The lowest BCUT2D eigenvalue weighted by atomic mass is 10.1. The molecular formula is C23H22F3N5O2. The van der Waals surface area contributed by atoms with Gasteiger partial charge in [-0.25, -0.2) is 9.78 Å². The van der Waals surface area contributed by atoms with Crippen molar-refractivity contribution in [2.24, 2.45) is 0 Å². The van der Waals surface area contributed by atoms with Crippen molar-refractivity contribution in [2.45, 2.75) is 12.7 Å². The summed E-state index contributed by atoms with van der Waals surface area (Å²) in [4.78, 5) is 21.7. The molecule has 2 aromatic heterocycles. The molecule has 1 saturated heterocycles. The second kappa shape index (κ2) is 9.86. The highest BCUT2D eigenvalue weighted by atomic mass is 19.4. The van der Waals surface area contributed by atoms with Crippen LogP contribution < -0.4 is 15.4 Å². The van der Waals surface area contributed by atoms with E-state index in [1.807, 2.05) is 30.3 Å². The van der Waals surface area contributed by atoms with Gasteiger partial charge < -0.3 is 20.3 Å². The summed E-state index contributed by atoms with van der Waals surface area (Å²) in [6.07, 6.45) is -3.69. The predicted octanol–water partition coefficient (Wildman–Crippen LogP) is 4.07. The summed E-state index contributed by atoms with van der Waals surface area (Å²) in [7, 11) is 0. The molecule has 1 fully saturated rings. The molecule has 3 aromatic rings. The molecule has 1 aliphatic heterocycles. The fraction of sp³-hybridized carbons (Fsp3) is 0.261. The standard InChI is InChI=1S/C23H22F3N5O2/c24-23(25,26)17-6-9-21(29-14-17)33-19-7-4-16(5-8-19)20-3-1-2-18(30-20)15-27-10-12-31-13-11-28-22(31)32/h1-9,14,27H,10-13,15H2,(H,28,32). The quantitative estimate of drug-likeness (QED) is 0.499. The fourth-order valence-corrected chi connectivity index (χ4v) is 3.32. The minimum atomic E-state index is -4.44. The van der Waals surface area contributed by atoms with Crippen molar-refractivity contribution in [3.05, 3.63) is 72.1 Å². The highest BCUT2D eigenvalue weighted by molar-refractivity contribution is 5.76. The van der Waals surface area contributed by atoms with Gasteiger partial charge in [0.2, 0.25) is 5.88 Å². The van der Waals surface area contributed by atoms with Gasteiger partial charge in [-0.05, 0) is 42.5 Å². The lowest BCUT2D eigenvalue weighted by Gasteiger charge is -2.14. The van der Waals surface area contributed by atoms with Gasteiger partial charge in [-0.1, -0.05) is 6.07 Å². The van der Waals surface area contributed by atoms with Crippen molar-refractivity contribution in [3.8, 4) is 22.9 Å². The fourth-order valence-electron chi connectivity index (χ4n) is 3.32. The van der Waals surface area contributed by atoms with Crippen molar-refractivity contribution in [3.63, 3.8) is 0 Å². The van der Waals surface area contributed by atoms with E-state index in [0.717, 1.165) is 35.8 Å². The lowest BCUT2D eigenvalue weighted by Crippen LogP contribution is -2.34. The van der Waals surface area contributed by atoms with Crippen LogP contribution in [0.2, 0.25) is 0 Å². The van der Waals surface area contributed by atoms with E-state index >= 15 is 0 Å².